The van der Waals surface area contributed by atoms with Gasteiger partial charge in [-0.15, -0.1) is 0 Å². The SMILES string of the molecule is CCCCCCCC/C=C\CCCCCC(=O)OC(COC(=O)CCCCCCCCCCCCCCCCC)COP(=O)(O)OC1C(OC2OC(CO)C(O)C(O)C2O)C(O)C(O)C(O)C1OC1OC(COC(=O)CCCCCCCCCCCCCC)C(O)C(O)C1O. The van der Waals surface area contributed by atoms with E-state index in [0.29, 0.717) is 25.7 Å². The summed E-state index contributed by atoms with van der Waals surface area (Å²) in [6.07, 6.45) is 10.1. The average Bonchev–Trinajstić information content (AvgIpc) is 0.764. The predicted molar refractivity (Wildman–Crippen MR) is 356 cm³/mol. The maximum atomic E-state index is 14.3. The zero-order valence-corrected chi connectivity index (χ0v) is 58.9. The number of allylic oxidation sites excluding steroid dienone is 2. The highest BCUT2D eigenvalue weighted by Crippen LogP contribution is 2.49. The Kier molecular flexibility index (Phi) is 48.2. The fraction of sp³-hybridized carbons (Fsp3) is 0.929. The van der Waals surface area contributed by atoms with Crippen LogP contribution in [0.4, 0.5) is 0 Å². The Morgan fingerprint density at radius 2 is 0.737 bits per heavy atom. The lowest BCUT2D eigenvalue weighted by molar-refractivity contribution is -0.360. The van der Waals surface area contributed by atoms with E-state index in [0.717, 1.165) is 83.5 Å². The summed E-state index contributed by atoms with van der Waals surface area (Å²) in [5, 5.41) is 110. The number of ether oxygens (including phenoxy) is 7. The Balaban J connectivity index is 1.75. The minimum absolute atomic E-state index is 0.0313. The lowest BCUT2D eigenvalue weighted by Gasteiger charge is -2.49. The quantitative estimate of drug-likeness (QED) is 0.00887. The molecule has 11 N–H and O–H groups in total. The Morgan fingerprint density at radius 3 is 1.15 bits per heavy atom. The first-order chi connectivity index (χ1) is 45.8. The van der Waals surface area contributed by atoms with Crippen LogP contribution < -0.4 is 0 Å². The molecule has 18 unspecified atom stereocenters. The van der Waals surface area contributed by atoms with Crippen molar-refractivity contribution in [2.45, 2.75) is 388 Å². The summed E-state index contributed by atoms with van der Waals surface area (Å²) >= 11 is 0. The molecule has 0 radical (unpaired) electrons. The van der Waals surface area contributed by atoms with E-state index in [4.69, 9.17) is 42.2 Å². The maximum Gasteiger partial charge on any atom is 0.472 e. The van der Waals surface area contributed by atoms with Crippen molar-refractivity contribution in [1.29, 1.82) is 0 Å². The molecule has 2 aliphatic heterocycles. The zero-order chi connectivity index (χ0) is 69.6. The third-order valence-electron chi connectivity index (χ3n) is 18.3. The number of hydrogen-bond donors (Lipinski definition) is 11. The van der Waals surface area contributed by atoms with E-state index >= 15 is 0 Å². The molecule has 2 saturated heterocycles. The van der Waals surface area contributed by atoms with Gasteiger partial charge in [-0.2, -0.15) is 0 Å². The number of esters is 3. The molecule has 1 saturated carbocycles. The van der Waals surface area contributed by atoms with Crippen molar-refractivity contribution in [2.24, 2.45) is 0 Å². The van der Waals surface area contributed by atoms with E-state index in [1.165, 1.54) is 135 Å². The minimum Gasteiger partial charge on any atom is -0.463 e. The fourth-order valence-corrected chi connectivity index (χ4v) is 13.2. The number of carbonyl (C=O) groups is 3. The van der Waals surface area contributed by atoms with Crippen molar-refractivity contribution in [3.63, 3.8) is 0 Å². The van der Waals surface area contributed by atoms with Gasteiger partial charge in [-0.25, -0.2) is 4.57 Å². The second kappa shape index (κ2) is 52.6. The Bertz CT molecular complexity index is 2020. The summed E-state index contributed by atoms with van der Waals surface area (Å²) in [6.45, 7) is 3.42. The number of aliphatic hydroxyl groups excluding tert-OH is 10. The molecule has 2 heterocycles. The predicted octanol–water partition coefficient (Wildman–Crippen LogP) is 9.57. The van der Waals surface area contributed by atoms with E-state index in [-0.39, 0.29) is 19.3 Å². The van der Waals surface area contributed by atoms with Crippen molar-refractivity contribution in [3.8, 4) is 0 Å². The number of phosphoric acid groups is 1. The second-order valence-electron chi connectivity index (χ2n) is 26.7. The highest BCUT2D eigenvalue weighted by Gasteiger charge is 2.58. The molecule has 0 aromatic carbocycles. The van der Waals surface area contributed by atoms with Crippen LogP contribution in [0.15, 0.2) is 12.2 Å². The minimum atomic E-state index is -5.69. The maximum absolute atomic E-state index is 14.3. The van der Waals surface area contributed by atoms with Crippen molar-refractivity contribution in [3.05, 3.63) is 12.2 Å². The summed E-state index contributed by atoms with van der Waals surface area (Å²) in [4.78, 5) is 50.9. The monoisotopic (exact) mass is 1380 g/mol. The van der Waals surface area contributed by atoms with Crippen molar-refractivity contribution in [2.75, 3.05) is 26.4 Å². The zero-order valence-electron chi connectivity index (χ0n) is 58.0. The summed E-state index contributed by atoms with van der Waals surface area (Å²) < 4.78 is 64.9. The Morgan fingerprint density at radius 1 is 0.400 bits per heavy atom. The van der Waals surface area contributed by atoms with Gasteiger partial charge in [0.2, 0.25) is 0 Å². The van der Waals surface area contributed by atoms with Crippen LogP contribution in [-0.4, -0.2) is 204 Å². The smallest absolute Gasteiger partial charge is 0.463 e. The molecule has 95 heavy (non-hydrogen) atoms. The van der Waals surface area contributed by atoms with Crippen molar-refractivity contribution < 1.29 is 117 Å². The van der Waals surface area contributed by atoms with E-state index in [9.17, 15) is 74.9 Å². The third-order valence-corrected chi connectivity index (χ3v) is 19.3. The first kappa shape index (κ1) is 86.9. The number of aliphatic hydroxyl groups is 10. The first-order valence-corrected chi connectivity index (χ1v) is 38.5. The number of unbranched alkanes of at least 4 members (excludes halogenated alkanes) is 34. The van der Waals surface area contributed by atoms with Crippen LogP contribution in [0, 0.1) is 0 Å². The van der Waals surface area contributed by atoms with Crippen LogP contribution in [0.3, 0.4) is 0 Å². The highest BCUT2D eigenvalue weighted by atomic mass is 31.2. The molecule has 18 atom stereocenters. The van der Waals surface area contributed by atoms with Gasteiger partial charge in [0.05, 0.1) is 13.2 Å². The van der Waals surface area contributed by atoms with Crippen LogP contribution in [-0.2, 0) is 61.2 Å². The number of rotatable bonds is 57. The largest absolute Gasteiger partial charge is 0.472 e. The van der Waals surface area contributed by atoms with Gasteiger partial charge in [-0.1, -0.05) is 232 Å². The molecule has 1 aliphatic carbocycles. The second-order valence-corrected chi connectivity index (χ2v) is 28.1. The van der Waals surface area contributed by atoms with Gasteiger partial charge < -0.3 is 89.1 Å². The van der Waals surface area contributed by atoms with Crippen LogP contribution in [0.25, 0.3) is 0 Å². The van der Waals surface area contributed by atoms with Crippen LogP contribution in [0.2, 0.25) is 0 Å². The summed E-state index contributed by atoms with van der Waals surface area (Å²) in [5.74, 6) is -2.00. The van der Waals surface area contributed by atoms with E-state index in [2.05, 4.69) is 32.9 Å². The molecular weight excluding hydrogens is 1260 g/mol. The molecule has 3 fully saturated rings. The van der Waals surface area contributed by atoms with Gasteiger partial charge >= 0.3 is 25.7 Å². The molecule has 0 aromatic rings. The van der Waals surface area contributed by atoms with Gasteiger partial charge in [0.25, 0.3) is 0 Å². The number of phosphoric ester groups is 1. The van der Waals surface area contributed by atoms with Crippen LogP contribution in [0.5, 0.6) is 0 Å². The molecule has 3 aliphatic rings. The van der Waals surface area contributed by atoms with E-state index in [1.807, 2.05) is 0 Å². The van der Waals surface area contributed by atoms with Gasteiger partial charge in [0.15, 0.2) is 18.7 Å². The normalized spacial score (nSPS) is 28.1. The van der Waals surface area contributed by atoms with Crippen LogP contribution in [0.1, 0.15) is 284 Å². The van der Waals surface area contributed by atoms with E-state index < -0.39 is 156 Å². The Hall–Kier alpha value is -2.30. The number of hydrogen-bond acceptors (Lipinski definition) is 23. The summed E-state index contributed by atoms with van der Waals surface area (Å²) in [7, 11) is -5.69. The summed E-state index contributed by atoms with van der Waals surface area (Å²) in [5.41, 5.74) is 0. The molecular formula is C70H129O24P. The molecule has 25 heteroatoms. The molecule has 24 nitrogen and oxygen atoms in total. The van der Waals surface area contributed by atoms with Gasteiger partial charge in [0.1, 0.15) is 98.7 Å². The average molecular weight is 1390 g/mol. The van der Waals surface area contributed by atoms with Crippen molar-refractivity contribution in [1.82, 2.24) is 0 Å². The highest BCUT2D eigenvalue weighted by molar-refractivity contribution is 7.47. The lowest BCUT2D eigenvalue weighted by atomic mass is 9.84. The lowest BCUT2D eigenvalue weighted by Crippen LogP contribution is -2.69. The Labute approximate surface area is 567 Å². The fourth-order valence-electron chi connectivity index (χ4n) is 12.2. The molecule has 0 amide bonds. The number of carbonyl (C=O) groups excluding carboxylic acids is 3. The molecule has 0 bridgehead atoms. The standard InChI is InChI=1S/C70H129O24P/c1-4-7-10-13-16-19-22-25-26-28-30-33-35-38-41-44-54(72)86-48-51(89-56(74)46-43-40-37-34-31-27-23-20-17-14-11-8-5-2)49-88-95(84,85)94-68-66(92-69-64(82)59(77)57(75)52(47-71)90-69)62(80)61(79)63(81)67(68)93-70-65(83)60(78)58(76)53(91-70)50-87-55(73)45-42-39-36-32-29-24-21-18-15-12-9-6-3/h27,31,51-53,57-71,75-83H,4-26,28-30,32-50H2,1-3H3,(H,84,85)/b31-27-. The van der Waals surface area contributed by atoms with Gasteiger partial charge in [0, 0.05) is 19.3 Å². The molecule has 558 valence electrons. The molecule has 0 aromatic heterocycles. The molecule has 0 spiro atoms. The van der Waals surface area contributed by atoms with Gasteiger partial charge in [-0.3, -0.25) is 23.4 Å². The third kappa shape index (κ3) is 36.2. The first-order valence-electron chi connectivity index (χ1n) is 37.0. The van der Waals surface area contributed by atoms with Crippen LogP contribution >= 0.6 is 7.82 Å². The van der Waals surface area contributed by atoms with Gasteiger partial charge in [-0.05, 0) is 44.9 Å². The van der Waals surface area contributed by atoms with Crippen molar-refractivity contribution >= 4 is 25.7 Å². The topological polar surface area (TPSA) is 374 Å². The summed E-state index contributed by atoms with van der Waals surface area (Å²) in [6, 6.07) is 0. The molecule has 3 rings (SSSR count). The van der Waals surface area contributed by atoms with E-state index in [1.54, 1.807) is 0 Å².